The van der Waals surface area contributed by atoms with Crippen LogP contribution in [0, 0.1) is 0 Å². The molecule has 2 nitrogen and oxygen atoms in total. The topological polar surface area (TPSA) is 40.5 Å². The zero-order chi connectivity index (χ0) is 18.0. The van der Waals surface area contributed by atoms with E-state index in [-0.39, 0.29) is 5.41 Å². The molecule has 0 heterocycles. The van der Waals surface area contributed by atoms with Crippen LogP contribution in [0.15, 0.2) is 78.9 Å². The molecule has 1 saturated carbocycles. The third-order valence-electron chi connectivity index (χ3n) is 5.88. The van der Waals surface area contributed by atoms with E-state index in [1.165, 1.54) is 29.5 Å². The first-order valence-electron chi connectivity index (χ1n) is 9.34. The van der Waals surface area contributed by atoms with Crippen molar-refractivity contribution in [1.29, 1.82) is 0 Å². The van der Waals surface area contributed by atoms with E-state index < -0.39 is 0 Å². The molecule has 0 amide bonds. The van der Waals surface area contributed by atoms with Crippen LogP contribution in [0.2, 0.25) is 0 Å². The third-order valence-corrected chi connectivity index (χ3v) is 5.88. The molecule has 2 heteroatoms. The predicted octanol–water partition coefficient (Wildman–Crippen LogP) is 5.74. The molecule has 1 aliphatic carbocycles. The van der Waals surface area contributed by atoms with Gasteiger partial charge in [-0.25, -0.2) is 0 Å². The molecule has 26 heavy (non-hydrogen) atoms. The molecule has 0 saturated heterocycles. The number of rotatable bonds is 3. The average molecular weight is 344 g/mol. The van der Waals surface area contributed by atoms with Crippen LogP contribution in [0.3, 0.4) is 0 Å². The van der Waals surface area contributed by atoms with Crippen molar-refractivity contribution in [3.05, 3.63) is 95.6 Å². The lowest BCUT2D eigenvalue weighted by atomic mass is 9.57. The van der Waals surface area contributed by atoms with Crippen molar-refractivity contribution in [2.75, 3.05) is 0 Å². The molecule has 0 aromatic heterocycles. The lowest BCUT2D eigenvalue weighted by Crippen LogP contribution is -2.37. The van der Waals surface area contributed by atoms with Gasteiger partial charge in [0.05, 0.1) is 0 Å². The van der Waals surface area contributed by atoms with Gasteiger partial charge in [0.25, 0.3) is 0 Å². The van der Waals surface area contributed by atoms with E-state index in [2.05, 4.69) is 54.6 Å². The summed E-state index contributed by atoms with van der Waals surface area (Å²) in [4.78, 5) is 0. The maximum Gasteiger partial charge on any atom is 0.115 e. The lowest BCUT2D eigenvalue weighted by Gasteiger charge is -2.46. The highest BCUT2D eigenvalue weighted by Crippen LogP contribution is 2.53. The Kier molecular flexibility index (Phi) is 4.42. The first kappa shape index (κ1) is 16.7. The predicted molar refractivity (Wildman–Crippen MR) is 105 cm³/mol. The number of benzene rings is 3. The van der Waals surface area contributed by atoms with Crippen LogP contribution in [0.25, 0.3) is 0 Å². The first-order valence-corrected chi connectivity index (χ1v) is 9.34. The Balaban J connectivity index is 1.93. The van der Waals surface area contributed by atoms with Gasteiger partial charge in [-0.05, 0) is 59.7 Å². The van der Waals surface area contributed by atoms with Crippen molar-refractivity contribution in [1.82, 2.24) is 0 Å². The van der Waals surface area contributed by atoms with Crippen LogP contribution in [-0.4, -0.2) is 10.2 Å². The standard InChI is InChI=1S/C24H24O2/c25-21-13-9-19(10-14-21)24(20-11-15-22(26)16-12-20)17-5-4-8-23(24)18-6-2-1-3-7-18/h1-3,6-7,9-16,23,25-26H,4-5,8,17H2. The van der Waals surface area contributed by atoms with Crippen LogP contribution in [0.4, 0.5) is 0 Å². The molecule has 3 aromatic carbocycles. The Hall–Kier alpha value is -2.74. The highest BCUT2D eigenvalue weighted by atomic mass is 16.3. The molecule has 1 aliphatic rings. The normalized spacial score (nSPS) is 19.2. The molecule has 0 spiro atoms. The van der Waals surface area contributed by atoms with Crippen LogP contribution >= 0.6 is 0 Å². The van der Waals surface area contributed by atoms with Crippen LogP contribution in [0.5, 0.6) is 11.5 Å². The van der Waals surface area contributed by atoms with Gasteiger partial charge >= 0.3 is 0 Å². The number of phenolic OH excluding ortho intramolecular Hbond substituents is 2. The van der Waals surface area contributed by atoms with Gasteiger partial charge < -0.3 is 10.2 Å². The number of hydrogen-bond donors (Lipinski definition) is 2. The number of aromatic hydroxyl groups is 2. The van der Waals surface area contributed by atoms with Crippen LogP contribution in [0.1, 0.15) is 48.3 Å². The molecule has 3 aromatic rings. The Labute approximate surface area is 154 Å². The van der Waals surface area contributed by atoms with Gasteiger partial charge in [0.2, 0.25) is 0 Å². The summed E-state index contributed by atoms with van der Waals surface area (Å²) in [5.41, 5.74) is 3.67. The monoisotopic (exact) mass is 344 g/mol. The molecule has 1 unspecified atom stereocenters. The van der Waals surface area contributed by atoms with E-state index in [4.69, 9.17) is 0 Å². The Morgan fingerprint density at radius 2 is 1.19 bits per heavy atom. The largest absolute Gasteiger partial charge is 0.508 e. The van der Waals surface area contributed by atoms with Crippen molar-refractivity contribution >= 4 is 0 Å². The summed E-state index contributed by atoms with van der Waals surface area (Å²) in [6.45, 7) is 0. The fourth-order valence-electron chi connectivity index (χ4n) is 4.68. The third kappa shape index (κ3) is 2.86. The minimum absolute atomic E-state index is 0.152. The summed E-state index contributed by atoms with van der Waals surface area (Å²) in [6, 6.07) is 26.1. The highest BCUT2D eigenvalue weighted by molar-refractivity contribution is 5.48. The zero-order valence-electron chi connectivity index (χ0n) is 14.8. The van der Waals surface area contributed by atoms with Crippen LogP contribution < -0.4 is 0 Å². The molecule has 132 valence electrons. The molecular weight excluding hydrogens is 320 g/mol. The summed E-state index contributed by atoms with van der Waals surface area (Å²) in [5, 5.41) is 19.6. The molecular formula is C24H24O2. The van der Waals surface area contributed by atoms with Crippen LogP contribution in [-0.2, 0) is 5.41 Å². The second kappa shape index (κ2) is 6.87. The second-order valence-electron chi connectivity index (χ2n) is 7.27. The van der Waals surface area contributed by atoms with Gasteiger partial charge in [-0.1, -0.05) is 67.4 Å². The maximum atomic E-state index is 9.80. The summed E-state index contributed by atoms with van der Waals surface area (Å²) in [7, 11) is 0. The van der Waals surface area contributed by atoms with Gasteiger partial charge in [0.15, 0.2) is 0 Å². The van der Waals surface area contributed by atoms with E-state index in [0.29, 0.717) is 17.4 Å². The van der Waals surface area contributed by atoms with Crippen molar-refractivity contribution < 1.29 is 10.2 Å². The fraction of sp³-hybridized carbons (Fsp3) is 0.250. The molecule has 1 fully saturated rings. The summed E-state index contributed by atoms with van der Waals surface area (Å²) >= 11 is 0. The Morgan fingerprint density at radius 3 is 1.73 bits per heavy atom. The average Bonchev–Trinajstić information content (AvgIpc) is 2.70. The molecule has 0 aliphatic heterocycles. The molecule has 0 radical (unpaired) electrons. The Bertz CT molecular complexity index is 805. The molecule has 0 bridgehead atoms. The zero-order valence-corrected chi connectivity index (χ0v) is 14.8. The Morgan fingerprint density at radius 1 is 0.654 bits per heavy atom. The summed E-state index contributed by atoms with van der Waals surface area (Å²) in [5.74, 6) is 0.954. The minimum atomic E-state index is -0.152. The highest BCUT2D eigenvalue weighted by Gasteiger charge is 2.44. The van der Waals surface area contributed by atoms with E-state index in [0.717, 1.165) is 12.8 Å². The van der Waals surface area contributed by atoms with Crippen molar-refractivity contribution in [3.8, 4) is 11.5 Å². The first-order chi connectivity index (χ1) is 12.7. The minimum Gasteiger partial charge on any atom is -0.508 e. The molecule has 4 rings (SSSR count). The van der Waals surface area contributed by atoms with Gasteiger partial charge in [-0.3, -0.25) is 0 Å². The molecule has 2 N–H and O–H groups in total. The van der Waals surface area contributed by atoms with Crippen molar-refractivity contribution in [3.63, 3.8) is 0 Å². The summed E-state index contributed by atoms with van der Waals surface area (Å²) < 4.78 is 0. The molecule has 1 atom stereocenters. The second-order valence-corrected chi connectivity index (χ2v) is 7.27. The fourth-order valence-corrected chi connectivity index (χ4v) is 4.68. The number of phenols is 2. The van der Waals surface area contributed by atoms with Gasteiger partial charge in [-0.2, -0.15) is 0 Å². The lowest BCUT2D eigenvalue weighted by molar-refractivity contribution is 0.294. The van der Waals surface area contributed by atoms with E-state index in [1.54, 1.807) is 24.3 Å². The van der Waals surface area contributed by atoms with Crippen molar-refractivity contribution in [2.24, 2.45) is 0 Å². The number of hydrogen-bond acceptors (Lipinski definition) is 2. The smallest absolute Gasteiger partial charge is 0.115 e. The summed E-state index contributed by atoms with van der Waals surface area (Å²) in [6.07, 6.45) is 4.58. The van der Waals surface area contributed by atoms with E-state index in [1.807, 2.05) is 0 Å². The van der Waals surface area contributed by atoms with Gasteiger partial charge in [0.1, 0.15) is 11.5 Å². The SMILES string of the molecule is Oc1ccc(C2(c3ccc(O)cc3)CCCCC2c2ccccc2)cc1. The maximum absolute atomic E-state index is 9.80. The quantitative estimate of drug-likeness (QED) is 0.636. The van der Waals surface area contributed by atoms with Gasteiger partial charge in [0, 0.05) is 5.41 Å². The van der Waals surface area contributed by atoms with Crippen molar-refractivity contribution in [2.45, 2.75) is 37.0 Å². The van der Waals surface area contributed by atoms with E-state index in [9.17, 15) is 10.2 Å². The van der Waals surface area contributed by atoms with Gasteiger partial charge in [-0.15, -0.1) is 0 Å². The van der Waals surface area contributed by atoms with E-state index >= 15 is 0 Å².